The number of rotatable bonds is 4. The van der Waals surface area contributed by atoms with Gasteiger partial charge in [0, 0.05) is 6.42 Å². The molecule has 0 amide bonds. The fourth-order valence-corrected chi connectivity index (χ4v) is 3.37. The molecule has 0 saturated heterocycles. The third kappa shape index (κ3) is 2.78. The molecule has 16 heavy (non-hydrogen) atoms. The Morgan fingerprint density at radius 3 is 2.81 bits per heavy atom. The fraction of sp³-hybridized carbons (Fsp3) is 0.929. The number of hydrogen-bond donors (Lipinski definition) is 0. The molecule has 0 radical (unpaired) electrons. The largest absolute Gasteiger partial charge is 0.462 e. The summed E-state index contributed by atoms with van der Waals surface area (Å²) in [6.07, 6.45) is 10.7. The van der Waals surface area contributed by atoms with Gasteiger partial charge in [0.15, 0.2) is 0 Å². The average Bonchev–Trinajstić information content (AvgIpc) is 2.70. The minimum Gasteiger partial charge on any atom is -0.462 e. The van der Waals surface area contributed by atoms with Crippen LogP contribution in [0.25, 0.3) is 0 Å². The fourth-order valence-electron chi connectivity index (χ4n) is 3.37. The van der Waals surface area contributed by atoms with E-state index in [0.29, 0.717) is 12.3 Å². The third-order valence-electron chi connectivity index (χ3n) is 4.28. The van der Waals surface area contributed by atoms with Crippen LogP contribution in [-0.4, -0.2) is 12.1 Å². The molecule has 3 atom stereocenters. The van der Waals surface area contributed by atoms with E-state index in [4.69, 9.17) is 4.74 Å². The average molecular weight is 224 g/mol. The zero-order chi connectivity index (χ0) is 11.4. The third-order valence-corrected chi connectivity index (χ3v) is 4.28. The van der Waals surface area contributed by atoms with Crippen LogP contribution in [0, 0.1) is 11.8 Å². The predicted octanol–water partition coefficient (Wildman–Crippen LogP) is 3.69. The van der Waals surface area contributed by atoms with Gasteiger partial charge in [0.05, 0.1) is 0 Å². The molecule has 0 N–H and O–H groups in total. The lowest BCUT2D eigenvalue weighted by atomic mass is 9.81. The number of esters is 1. The van der Waals surface area contributed by atoms with Crippen molar-refractivity contribution in [1.82, 2.24) is 0 Å². The maximum atomic E-state index is 11.6. The zero-order valence-corrected chi connectivity index (χ0v) is 10.4. The molecule has 2 unspecified atom stereocenters. The Morgan fingerprint density at radius 2 is 2.00 bits per heavy atom. The summed E-state index contributed by atoms with van der Waals surface area (Å²) in [6.45, 7) is 2.11. The first-order valence-corrected chi connectivity index (χ1v) is 7.00. The summed E-state index contributed by atoms with van der Waals surface area (Å²) in [5, 5.41) is 0. The van der Waals surface area contributed by atoms with E-state index in [1.165, 1.54) is 32.1 Å². The van der Waals surface area contributed by atoms with Crippen LogP contribution in [0.2, 0.25) is 0 Å². The van der Waals surface area contributed by atoms with Gasteiger partial charge < -0.3 is 4.74 Å². The molecule has 0 aliphatic heterocycles. The standard InChI is InChI=1S/C14H24O2/c1-2-3-8-14(15)16-13-10-9-11-6-4-5-7-12(11)13/h11-13H,2-10H2,1H3/t11?,12?,13-/m1/s1. The summed E-state index contributed by atoms with van der Waals surface area (Å²) in [7, 11) is 0. The molecule has 0 aromatic rings. The first-order valence-electron chi connectivity index (χ1n) is 7.00. The second-order valence-electron chi connectivity index (χ2n) is 5.42. The molecule has 92 valence electrons. The number of unbranched alkanes of at least 4 members (excludes halogenated alkanes) is 1. The molecule has 2 aliphatic carbocycles. The van der Waals surface area contributed by atoms with Crippen LogP contribution in [0.15, 0.2) is 0 Å². The predicted molar refractivity (Wildman–Crippen MR) is 64.1 cm³/mol. The summed E-state index contributed by atoms with van der Waals surface area (Å²) >= 11 is 0. The minimum atomic E-state index is 0.0399. The van der Waals surface area contributed by atoms with Crippen molar-refractivity contribution in [1.29, 1.82) is 0 Å². The molecule has 2 fully saturated rings. The topological polar surface area (TPSA) is 26.3 Å². The highest BCUT2D eigenvalue weighted by Crippen LogP contribution is 2.43. The second kappa shape index (κ2) is 5.70. The molecule has 0 aromatic carbocycles. The van der Waals surface area contributed by atoms with Gasteiger partial charge in [0.25, 0.3) is 0 Å². The van der Waals surface area contributed by atoms with Gasteiger partial charge in [0.2, 0.25) is 0 Å². The van der Waals surface area contributed by atoms with Gasteiger partial charge in [-0.15, -0.1) is 0 Å². The maximum Gasteiger partial charge on any atom is 0.306 e. The van der Waals surface area contributed by atoms with E-state index in [1.807, 2.05) is 0 Å². The lowest BCUT2D eigenvalue weighted by Gasteiger charge is -2.28. The second-order valence-corrected chi connectivity index (χ2v) is 5.42. The van der Waals surface area contributed by atoms with Gasteiger partial charge in [-0.05, 0) is 37.5 Å². The van der Waals surface area contributed by atoms with Crippen LogP contribution < -0.4 is 0 Å². The van der Waals surface area contributed by atoms with Gasteiger partial charge >= 0.3 is 5.97 Å². The maximum absolute atomic E-state index is 11.6. The van der Waals surface area contributed by atoms with Crippen molar-refractivity contribution in [2.45, 2.75) is 70.8 Å². The van der Waals surface area contributed by atoms with E-state index in [-0.39, 0.29) is 12.1 Å². The Kier molecular flexibility index (Phi) is 4.25. The summed E-state index contributed by atoms with van der Waals surface area (Å²) in [5.74, 6) is 1.59. The Hall–Kier alpha value is -0.530. The molecular formula is C14H24O2. The molecule has 0 heterocycles. The highest BCUT2D eigenvalue weighted by atomic mass is 16.5. The molecule has 2 saturated carbocycles. The summed E-state index contributed by atoms with van der Waals surface area (Å²) in [6, 6.07) is 0. The highest BCUT2D eigenvalue weighted by Gasteiger charge is 2.39. The van der Waals surface area contributed by atoms with E-state index in [1.54, 1.807) is 0 Å². The van der Waals surface area contributed by atoms with Crippen LogP contribution in [-0.2, 0) is 9.53 Å². The highest BCUT2D eigenvalue weighted by molar-refractivity contribution is 5.69. The quantitative estimate of drug-likeness (QED) is 0.681. The monoisotopic (exact) mass is 224 g/mol. The van der Waals surface area contributed by atoms with E-state index in [0.717, 1.165) is 25.2 Å². The molecular weight excluding hydrogens is 200 g/mol. The molecule has 2 heteroatoms. The number of carbonyl (C=O) groups is 1. The molecule has 2 rings (SSSR count). The lowest BCUT2D eigenvalue weighted by Crippen LogP contribution is -2.27. The lowest BCUT2D eigenvalue weighted by molar-refractivity contribution is -0.151. The van der Waals surface area contributed by atoms with Crippen molar-refractivity contribution in [2.75, 3.05) is 0 Å². The van der Waals surface area contributed by atoms with Crippen molar-refractivity contribution in [3.63, 3.8) is 0 Å². The van der Waals surface area contributed by atoms with Crippen LogP contribution in [0.4, 0.5) is 0 Å². The molecule has 2 aliphatic rings. The normalized spacial score (nSPS) is 33.4. The van der Waals surface area contributed by atoms with Crippen LogP contribution >= 0.6 is 0 Å². The molecule has 0 aromatic heterocycles. The zero-order valence-electron chi connectivity index (χ0n) is 10.4. The Labute approximate surface area is 98.7 Å². The number of hydrogen-bond acceptors (Lipinski definition) is 2. The molecule has 0 spiro atoms. The Morgan fingerprint density at radius 1 is 1.19 bits per heavy atom. The SMILES string of the molecule is CCCCC(=O)O[C@@H]1CCC2CCCCC21. The smallest absolute Gasteiger partial charge is 0.306 e. The van der Waals surface area contributed by atoms with E-state index >= 15 is 0 Å². The van der Waals surface area contributed by atoms with Gasteiger partial charge in [0.1, 0.15) is 6.10 Å². The number of fused-ring (bicyclic) bond motifs is 1. The summed E-state index contributed by atoms with van der Waals surface area (Å²) in [5.41, 5.74) is 0. The number of ether oxygens (including phenoxy) is 1. The van der Waals surface area contributed by atoms with Crippen LogP contribution in [0.3, 0.4) is 0 Å². The molecule has 2 nitrogen and oxygen atoms in total. The minimum absolute atomic E-state index is 0.0399. The molecule has 0 bridgehead atoms. The van der Waals surface area contributed by atoms with Crippen molar-refractivity contribution in [3.8, 4) is 0 Å². The van der Waals surface area contributed by atoms with Gasteiger partial charge in [-0.25, -0.2) is 0 Å². The van der Waals surface area contributed by atoms with Gasteiger partial charge in [-0.2, -0.15) is 0 Å². The van der Waals surface area contributed by atoms with E-state index < -0.39 is 0 Å². The number of carbonyl (C=O) groups excluding carboxylic acids is 1. The van der Waals surface area contributed by atoms with Crippen LogP contribution in [0.1, 0.15) is 64.7 Å². The Bertz CT molecular complexity index is 237. The summed E-state index contributed by atoms with van der Waals surface area (Å²) < 4.78 is 5.64. The first kappa shape index (κ1) is 11.9. The van der Waals surface area contributed by atoms with Crippen LogP contribution in [0.5, 0.6) is 0 Å². The van der Waals surface area contributed by atoms with Gasteiger partial charge in [-0.1, -0.05) is 32.6 Å². The van der Waals surface area contributed by atoms with Crippen molar-refractivity contribution >= 4 is 5.97 Å². The van der Waals surface area contributed by atoms with Crippen molar-refractivity contribution in [2.24, 2.45) is 11.8 Å². The van der Waals surface area contributed by atoms with Crippen molar-refractivity contribution in [3.05, 3.63) is 0 Å². The Balaban J connectivity index is 1.79. The first-order chi connectivity index (χ1) is 7.81. The summed E-state index contributed by atoms with van der Waals surface area (Å²) in [4.78, 5) is 11.6. The van der Waals surface area contributed by atoms with Gasteiger partial charge in [-0.3, -0.25) is 4.79 Å². The van der Waals surface area contributed by atoms with E-state index in [9.17, 15) is 4.79 Å². The van der Waals surface area contributed by atoms with Crippen molar-refractivity contribution < 1.29 is 9.53 Å². The van der Waals surface area contributed by atoms with E-state index in [2.05, 4.69) is 6.92 Å².